The van der Waals surface area contributed by atoms with Crippen LogP contribution in [0.3, 0.4) is 0 Å². The summed E-state index contributed by atoms with van der Waals surface area (Å²) < 4.78 is 26.8. The van der Waals surface area contributed by atoms with E-state index in [-0.39, 0.29) is 18.0 Å². The Balaban J connectivity index is 3.16. The molecule has 4 nitrogen and oxygen atoms in total. The molecule has 2 atom stereocenters. The maximum atomic E-state index is 12.6. The van der Waals surface area contributed by atoms with Crippen molar-refractivity contribution < 1.29 is 8.42 Å². The van der Waals surface area contributed by atoms with Gasteiger partial charge in [0.25, 0.3) is 0 Å². The van der Waals surface area contributed by atoms with Crippen LogP contribution >= 0.6 is 0 Å². The monoisotopic (exact) mass is 298 g/mol. The summed E-state index contributed by atoms with van der Waals surface area (Å²) in [6.07, 6.45) is 0. The van der Waals surface area contributed by atoms with E-state index in [2.05, 4.69) is 5.32 Å². The molecule has 1 aromatic rings. The lowest BCUT2D eigenvalue weighted by molar-refractivity contribution is 0.315. The van der Waals surface area contributed by atoms with Gasteiger partial charge in [-0.05, 0) is 44.5 Å². The highest BCUT2D eigenvalue weighted by atomic mass is 32.2. The topological polar surface area (TPSA) is 49.4 Å². The van der Waals surface area contributed by atoms with Gasteiger partial charge in [-0.1, -0.05) is 26.0 Å². The molecule has 0 saturated heterocycles. The van der Waals surface area contributed by atoms with Crippen LogP contribution in [0.4, 0.5) is 0 Å². The van der Waals surface area contributed by atoms with E-state index >= 15 is 0 Å². The highest BCUT2D eigenvalue weighted by Gasteiger charge is 2.27. The van der Waals surface area contributed by atoms with Crippen molar-refractivity contribution in [3.8, 4) is 0 Å². The third-order valence-electron chi connectivity index (χ3n) is 4.01. The van der Waals surface area contributed by atoms with Crippen LogP contribution in [0.1, 0.15) is 39.3 Å². The summed E-state index contributed by atoms with van der Waals surface area (Å²) >= 11 is 0. The second kappa shape index (κ2) is 6.70. The number of sulfonamides is 1. The number of nitrogens with zero attached hydrogens (tertiary/aromatic N) is 1. The number of hydrogen-bond donors (Lipinski definition) is 1. The quantitative estimate of drug-likeness (QED) is 0.878. The summed E-state index contributed by atoms with van der Waals surface area (Å²) in [5, 5.41) is 3.12. The van der Waals surface area contributed by atoms with Gasteiger partial charge in [0.05, 0.1) is 4.90 Å². The van der Waals surface area contributed by atoms with Crippen molar-refractivity contribution >= 4 is 10.0 Å². The van der Waals surface area contributed by atoms with Crippen molar-refractivity contribution in [2.45, 2.75) is 44.7 Å². The molecule has 20 heavy (non-hydrogen) atoms. The number of nitrogens with one attached hydrogen (secondary N) is 1. The Hall–Kier alpha value is -0.910. The Kier molecular flexibility index (Phi) is 5.74. The Bertz CT molecular complexity index is 541. The van der Waals surface area contributed by atoms with E-state index in [1.54, 1.807) is 25.2 Å². The smallest absolute Gasteiger partial charge is 0.243 e. The molecule has 2 unspecified atom stereocenters. The van der Waals surface area contributed by atoms with Gasteiger partial charge in [0, 0.05) is 19.1 Å². The van der Waals surface area contributed by atoms with Gasteiger partial charge in [0.1, 0.15) is 0 Å². The van der Waals surface area contributed by atoms with Crippen LogP contribution in [-0.2, 0) is 10.0 Å². The molecule has 5 heteroatoms. The largest absolute Gasteiger partial charge is 0.313 e. The summed E-state index contributed by atoms with van der Waals surface area (Å²) in [4.78, 5) is 0.354. The fourth-order valence-electron chi connectivity index (χ4n) is 1.92. The van der Waals surface area contributed by atoms with E-state index in [1.165, 1.54) is 4.31 Å². The molecule has 0 aliphatic heterocycles. The first-order valence-electron chi connectivity index (χ1n) is 6.97. The molecular weight excluding hydrogens is 272 g/mol. The van der Waals surface area contributed by atoms with Gasteiger partial charge in [-0.3, -0.25) is 0 Å². The fraction of sp³-hybridized carbons (Fsp3) is 0.600. The summed E-state index contributed by atoms with van der Waals surface area (Å²) in [7, 11) is 0.0650. The van der Waals surface area contributed by atoms with Gasteiger partial charge >= 0.3 is 0 Å². The lowest BCUT2D eigenvalue weighted by atomic mass is 10.1. The van der Waals surface area contributed by atoms with E-state index in [0.717, 1.165) is 5.56 Å². The SMILES string of the molecule is CNC(C)c1cccc(S(=O)(=O)N(C)C(C)C(C)C)c1. The number of benzene rings is 1. The molecule has 0 fully saturated rings. The van der Waals surface area contributed by atoms with E-state index in [9.17, 15) is 8.42 Å². The number of rotatable bonds is 6. The molecule has 1 aromatic carbocycles. The molecule has 0 saturated carbocycles. The molecule has 0 aliphatic rings. The average molecular weight is 298 g/mol. The fourth-order valence-corrected chi connectivity index (χ4v) is 3.47. The van der Waals surface area contributed by atoms with Crippen LogP contribution < -0.4 is 5.32 Å². The normalized spacial score (nSPS) is 15.6. The predicted octanol–water partition coefficient (Wildman–Crippen LogP) is 2.63. The van der Waals surface area contributed by atoms with Crippen molar-refractivity contribution in [3.63, 3.8) is 0 Å². The molecule has 0 amide bonds. The van der Waals surface area contributed by atoms with Gasteiger partial charge in [0.15, 0.2) is 0 Å². The maximum Gasteiger partial charge on any atom is 0.243 e. The van der Waals surface area contributed by atoms with Crippen LogP contribution in [0.15, 0.2) is 29.2 Å². The minimum absolute atomic E-state index is 0.0367. The third-order valence-corrected chi connectivity index (χ3v) is 5.95. The molecule has 1 rings (SSSR count). The van der Waals surface area contributed by atoms with Crippen LogP contribution in [-0.4, -0.2) is 32.9 Å². The lowest BCUT2D eigenvalue weighted by Crippen LogP contribution is -2.38. The van der Waals surface area contributed by atoms with E-state index in [4.69, 9.17) is 0 Å². The Morgan fingerprint density at radius 2 is 1.75 bits per heavy atom. The first-order chi connectivity index (χ1) is 9.21. The minimum Gasteiger partial charge on any atom is -0.313 e. The Morgan fingerprint density at radius 3 is 2.25 bits per heavy atom. The molecule has 0 radical (unpaired) electrons. The molecule has 0 aromatic heterocycles. The second-order valence-electron chi connectivity index (χ2n) is 5.59. The molecule has 0 heterocycles. The van der Waals surface area contributed by atoms with Crippen molar-refractivity contribution in [1.29, 1.82) is 0 Å². The minimum atomic E-state index is -3.44. The molecule has 114 valence electrons. The van der Waals surface area contributed by atoms with Crippen LogP contribution in [0.2, 0.25) is 0 Å². The van der Waals surface area contributed by atoms with Crippen molar-refractivity contribution in [2.24, 2.45) is 5.92 Å². The predicted molar refractivity (Wildman–Crippen MR) is 83.2 cm³/mol. The van der Waals surface area contributed by atoms with Crippen LogP contribution in [0, 0.1) is 5.92 Å². The van der Waals surface area contributed by atoms with Gasteiger partial charge in [-0.15, -0.1) is 0 Å². The van der Waals surface area contributed by atoms with Gasteiger partial charge < -0.3 is 5.32 Å². The average Bonchev–Trinajstić information content (AvgIpc) is 2.44. The highest BCUT2D eigenvalue weighted by Crippen LogP contribution is 2.22. The maximum absolute atomic E-state index is 12.6. The molecule has 0 aliphatic carbocycles. The van der Waals surface area contributed by atoms with Crippen molar-refractivity contribution in [3.05, 3.63) is 29.8 Å². The second-order valence-corrected chi connectivity index (χ2v) is 7.59. The molecule has 1 N–H and O–H groups in total. The van der Waals surface area contributed by atoms with Gasteiger partial charge in [-0.2, -0.15) is 4.31 Å². The zero-order valence-electron chi connectivity index (χ0n) is 13.2. The Labute approximate surface area is 123 Å². The first kappa shape index (κ1) is 17.1. The Morgan fingerprint density at radius 1 is 1.15 bits per heavy atom. The van der Waals surface area contributed by atoms with Crippen molar-refractivity contribution in [1.82, 2.24) is 9.62 Å². The van der Waals surface area contributed by atoms with E-state index in [1.807, 2.05) is 40.8 Å². The third kappa shape index (κ3) is 3.59. The molecule has 0 spiro atoms. The standard InChI is InChI=1S/C15H26N2O2S/c1-11(2)13(4)17(6)20(18,19)15-9-7-8-14(10-15)12(3)16-5/h7-13,16H,1-6H3. The first-order valence-corrected chi connectivity index (χ1v) is 8.41. The van der Waals surface area contributed by atoms with E-state index in [0.29, 0.717) is 4.90 Å². The highest BCUT2D eigenvalue weighted by molar-refractivity contribution is 7.89. The zero-order chi connectivity index (χ0) is 15.5. The summed E-state index contributed by atoms with van der Waals surface area (Å²) in [6, 6.07) is 7.23. The number of hydrogen-bond acceptors (Lipinski definition) is 3. The zero-order valence-corrected chi connectivity index (χ0v) is 14.0. The van der Waals surface area contributed by atoms with Gasteiger partial charge in [0.2, 0.25) is 10.0 Å². The summed E-state index contributed by atoms with van der Waals surface area (Å²) in [5.74, 6) is 0.272. The summed E-state index contributed by atoms with van der Waals surface area (Å²) in [5.41, 5.74) is 0.971. The van der Waals surface area contributed by atoms with Gasteiger partial charge in [-0.25, -0.2) is 8.42 Å². The molecular formula is C15H26N2O2S. The lowest BCUT2D eigenvalue weighted by Gasteiger charge is -2.27. The van der Waals surface area contributed by atoms with Crippen LogP contribution in [0.25, 0.3) is 0 Å². The van der Waals surface area contributed by atoms with E-state index < -0.39 is 10.0 Å². The summed E-state index contributed by atoms with van der Waals surface area (Å²) in [6.45, 7) is 7.99. The van der Waals surface area contributed by atoms with Crippen molar-refractivity contribution in [2.75, 3.05) is 14.1 Å². The molecule has 0 bridgehead atoms. The van der Waals surface area contributed by atoms with Crippen LogP contribution in [0.5, 0.6) is 0 Å².